The van der Waals surface area contributed by atoms with Crippen LogP contribution in [0.4, 0.5) is 4.79 Å². The van der Waals surface area contributed by atoms with E-state index in [0.717, 1.165) is 0 Å². The van der Waals surface area contributed by atoms with Crippen molar-refractivity contribution in [2.75, 3.05) is 20.8 Å². The summed E-state index contributed by atoms with van der Waals surface area (Å²) in [6.07, 6.45) is -0.592. The third-order valence-electron chi connectivity index (χ3n) is 1.94. The summed E-state index contributed by atoms with van der Waals surface area (Å²) in [6, 6.07) is 0. The number of rotatable bonds is 5. The van der Waals surface area contributed by atoms with E-state index in [9.17, 15) is 9.36 Å². The van der Waals surface area contributed by atoms with Crippen molar-refractivity contribution in [2.24, 2.45) is 0 Å². The Kier molecular flexibility index (Phi) is 3.72. The van der Waals surface area contributed by atoms with Gasteiger partial charge >= 0.3 is 14.0 Å². The predicted octanol–water partition coefficient (Wildman–Crippen LogP) is 1.68. The van der Waals surface area contributed by atoms with Crippen LogP contribution in [0.5, 0.6) is 0 Å². The van der Waals surface area contributed by atoms with Crippen molar-refractivity contribution in [3.63, 3.8) is 0 Å². The highest BCUT2D eigenvalue weighted by Gasteiger charge is 2.48. The molecule has 0 aromatic carbocycles. The molecule has 0 N–H and O–H groups in total. The second-order valence-electron chi connectivity index (χ2n) is 2.81. The quantitative estimate of drug-likeness (QED) is 0.534. The van der Waals surface area contributed by atoms with Gasteiger partial charge in [-0.2, -0.15) is 0 Å². The Morgan fingerprint density at radius 3 is 2.40 bits per heavy atom. The molecule has 1 aliphatic heterocycles. The van der Waals surface area contributed by atoms with Crippen molar-refractivity contribution in [2.45, 2.75) is 19.1 Å². The molecule has 15 heavy (non-hydrogen) atoms. The van der Waals surface area contributed by atoms with Crippen molar-refractivity contribution >= 4 is 14.0 Å². The first-order chi connectivity index (χ1) is 6.99. The number of hydrogen-bond donors (Lipinski definition) is 0. The highest BCUT2D eigenvalue weighted by molar-refractivity contribution is 7.48. The van der Waals surface area contributed by atoms with E-state index in [1.165, 1.54) is 14.2 Å². The summed E-state index contributed by atoms with van der Waals surface area (Å²) < 4.78 is 35.2. The van der Waals surface area contributed by atoms with Gasteiger partial charge in [0, 0.05) is 20.6 Å². The van der Waals surface area contributed by atoms with E-state index < -0.39 is 19.8 Å². The lowest BCUT2D eigenvalue weighted by Crippen LogP contribution is -2.33. The Morgan fingerprint density at radius 2 is 2.07 bits per heavy atom. The van der Waals surface area contributed by atoms with Gasteiger partial charge < -0.3 is 9.47 Å². The maximum absolute atomic E-state index is 11.7. The van der Waals surface area contributed by atoms with Crippen LogP contribution < -0.4 is 0 Å². The van der Waals surface area contributed by atoms with Gasteiger partial charge in [0.15, 0.2) is 6.61 Å². The van der Waals surface area contributed by atoms with Crippen molar-refractivity contribution in [3.05, 3.63) is 0 Å². The second kappa shape index (κ2) is 4.49. The number of cyclic esters (lactones) is 2. The first-order valence-corrected chi connectivity index (χ1v) is 5.73. The van der Waals surface area contributed by atoms with Gasteiger partial charge in [0.2, 0.25) is 0 Å². The average molecular weight is 240 g/mol. The summed E-state index contributed by atoms with van der Waals surface area (Å²) in [6.45, 7) is 1.55. The molecular formula is C7H13O7P. The summed E-state index contributed by atoms with van der Waals surface area (Å²) >= 11 is 0. The smallest absolute Gasteiger partial charge is 0.427 e. The van der Waals surface area contributed by atoms with Crippen LogP contribution in [0, 0.1) is 0 Å². The lowest BCUT2D eigenvalue weighted by atomic mass is 10.2. The van der Waals surface area contributed by atoms with Gasteiger partial charge in [0.05, 0.1) is 0 Å². The molecule has 1 unspecified atom stereocenters. The SMILES string of the molecule is CCC1(OP(=O)(OC)OC)COC(=O)O1. The molecule has 1 rings (SSSR count). The van der Waals surface area contributed by atoms with Crippen molar-refractivity contribution in [1.29, 1.82) is 0 Å². The fourth-order valence-corrected chi connectivity index (χ4v) is 1.94. The number of phosphoric acid groups is 1. The second-order valence-corrected chi connectivity index (χ2v) is 4.62. The Labute approximate surface area is 87.2 Å². The van der Waals surface area contributed by atoms with E-state index in [1.807, 2.05) is 0 Å². The molecule has 0 aromatic rings. The number of carbonyl (C=O) groups excluding carboxylic acids is 1. The maximum Gasteiger partial charge on any atom is 0.511 e. The largest absolute Gasteiger partial charge is 0.511 e. The van der Waals surface area contributed by atoms with Gasteiger partial charge in [-0.1, -0.05) is 6.92 Å². The first-order valence-electron chi connectivity index (χ1n) is 4.27. The van der Waals surface area contributed by atoms with Crippen molar-refractivity contribution < 1.29 is 32.4 Å². The predicted molar refractivity (Wildman–Crippen MR) is 48.2 cm³/mol. The maximum atomic E-state index is 11.7. The molecular weight excluding hydrogens is 227 g/mol. The van der Waals surface area contributed by atoms with E-state index in [-0.39, 0.29) is 13.0 Å². The average Bonchev–Trinajstić information content (AvgIpc) is 2.60. The summed E-state index contributed by atoms with van der Waals surface area (Å²) in [5.41, 5.74) is 0. The number of hydrogen-bond acceptors (Lipinski definition) is 7. The van der Waals surface area contributed by atoms with Gasteiger partial charge in [-0.15, -0.1) is 0 Å². The summed E-state index contributed by atoms with van der Waals surface area (Å²) in [5.74, 6) is -1.39. The van der Waals surface area contributed by atoms with Gasteiger partial charge in [0.25, 0.3) is 5.79 Å². The van der Waals surface area contributed by atoms with Gasteiger partial charge in [-0.25, -0.2) is 13.9 Å². The zero-order chi connectivity index (χ0) is 11.5. The highest BCUT2D eigenvalue weighted by atomic mass is 31.2. The molecule has 0 radical (unpaired) electrons. The van der Waals surface area contributed by atoms with E-state index in [4.69, 9.17) is 9.26 Å². The fraction of sp³-hybridized carbons (Fsp3) is 0.857. The standard InChI is InChI=1S/C7H13O7P/c1-4-7(5-12-6(8)13-7)14-15(9,10-2)11-3/h4-5H2,1-3H3. The van der Waals surface area contributed by atoms with Crippen LogP contribution in [0.15, 0.2) is 0 Å². The number of phosphoric ester groups is 1. The molecule has 7 nitrogen and oxygen atoms in total. The van der Waals surface area contributed by atoms with Crippen molar-refractivity contribution in [3.8, 4) is 0 Å². The van der Waals surface area contributed by atoms with Crippen LogP contribution in [0.2, 0.25) is 0 Å². The molecule has 1 saturated heterocycles. The van der Waals surface area contributed by atoms with E-state index in [2.05, 4.69) is 13.8 Å². The molecule has 0 amide bonds. The monoisotopic (exact) mass is 240 g/mol. The molecule has 0 aliphatic carbocycles. The molecule has 1 fully saturated rings. The Bertz CT molecular complexity index is 283. The Hall–Kier alpha value is -0.620. The van der Waals surface area contributed by atoms with Crippen LogP contribution >= 0.6 is 7.82 Å². The topological polar surface area (TPSA) is 80.3 Å². The molecule has 88 valence electrons. The van der Waals surface area contributed by atoms with Gasteiger partial charge in [-0.05, 0) is 0 Å². The fourth-order valence-electron chi connectivity index (χ4n) is 1.02. The lowest BCUT2D eigenvalue weighted by Gasteiger charge is -2.26. The first kappa shape index (κ1) is 12.4. The number of carbonyl (C=O) groups is 1. The molecule has 0 aromatic heterocycles. The van der Waals surface area contributed by atoms with Crippen LogP contribution in [0.25, 0.3) is 0 Å². The third-order valence-corrected chi connectivity index (χ3v) is 3.39. The molecule has 1 aliphatic rings. The van der Waals surface area contributed by atoms with Crippen LogP contribution in [0.1, 0.15) is 13.3 Å². The summed E-state index contributed by atoms with van der Waals surface area (Å²) in [4.78, 5) is 10.8. The molecule has 8 heteroatoms. The van der Waals surface area contributed by atoms with E-state index >= 15 is 0 Å². The summed E-state index contributed by atoms with van der Waals surface area (Å²) in [7, 11) is -1.35. The normalized spacial score (nSPS) is 26.2. The molecule has 0 spiro atoms. The minimum Gasteiger partial charge on any atom is -0.427 e. The Morgan fingerprint density at radius 1 is 1.47 bits per heavy atom. The third kappa shape index (κ3) is 2.69. The molecule has 1 atom stereocenters. The lowest BCUT2D eigenvalue weighted by molar-refractivity contribution is -0.128. The van der Waals surface area contributed by atoms with Crippen LogP contribution in [-0.2, 0) is 27.6 Å². The zero-order valence-corrected chi connectivity index (χ0v) is 9.61. The zero-order valence-electron chi connectivity index (χ0n) is 8.72. The minimum atomic E-state index is -3.70. The number of ether oxygens (including phenoxy) is 2. The van der Waals surface area contributed by atoms with Gasteiger partial charge in [0.1, 0.15) is 0 Å². The molecule has 0 saturated carbocycles. The summed E-state index contributed by atoms with van der Waals surface area (Å²) in [5, 5.41) is 0. The van der Waals surface area contributed by atoms with Crippen LogP contribution in [-0.4, -0.2) is 32.8 Å². The molecule has 0 bridgehead atoms. The van der Waals surface area contributed by atoms with Crippen LogP contribution in [0.3, 0.4) is 0 Å². The Balaban J connectivity index is 2.77. The minimum absolute atomic E-state index is 0.140. The highest BCUT2D eigenvalue weighted by Crippen LogP contribution is 2.52. The van der Waals surface area contributed by atoms with E-state index in [0.29, 0.717) is 0 Å². The van der Waals surface area contributed by atoms with Gasteiger partial charge in [-0.3, -0.25) is 9.05 Å². The van der Waals surface area contributed by atoms with Crippen molar-refractivity contribution in [1.82, 2.24) is 0 Å². The molecule has 1 heterocycles. The van der Waals surface area contributed by atoms with E-state index in [1.54, 1.807) is 6.92 Å².